The van der Waals surface area contributed by atoms with Crippen LogP contribution < -0.4 is 10.9 Å². The molecule has 2 aromatic carbocycles. The van der Waals surface area contributed by atoms with Gasteiger partial charge in [0.25, 0.3) is 5.56 Å². The van der Waals surface area contributed by atoms with E-state index in [9.17, 15) is 27.2 Å². The van der Waals surface area contributed by atoms with Crippen LogP contribution in [0.1, 0.15) is 11.3 Å². The predicted octanol–water partition coefficient (Wildman–Crippen LogP) is 4.34. The molecular formula is C21H14ClF4N5O2. The normalized spacial score (nSPS) is 11.7. The summed E-state index contributed by atoms with van der Waals surface area (Å²) in [7, 11) is 0. The molecule has 2 aromatic heterocycles. The van der Waals surface area contributed by atoms with Gasteiger partial charge < -0.3 is 5.32 Å². The molecule has 0 bridgehead atoms. The van der Waals surface area contributed by atoms with Crippen LogP contribution in [-0.2, 0) is 17.5 Å². The number of carbonyl (C=O) groups is 1. The van der Waals surface area contributed by atoms with Gasteiger partial charge in [0, 0.05) is 5.39 Å². The molecule has 170 valence electrons. The van der Waals surface area contributed by atoms with E-state index in [1.165, 1.54) is 35.1 Å². The van der Waals surface area contributed by atoms with Crippen LogP contribution in [0.2, 0.25) is 5.02 Å². The summed E-state index contributed by atoms with van der Waals surface area (Å²) in [5, 5.41) is 10.9. The quantitative estimate of drug-likeness (QED) is 0.441. The van der Waals surface area contributed by atoms with E-state index >= 15 is 0 Å². The fraction of sp³-hybridized carbons (Fsp3) is 0.143. The summed E-state index contributed by atoms with van der Waals surface area (Å²) in [4.78, 5) is 25.6. The van der Waals surface area contributed by atoms with Crippen LogP contribution in [0.5, 0.6) is 0 Å². The maximum absolute atomic E-state index is 13.3. The molecule has 0 aliphatic heterocycles. The first-order valence-electron chi connectivity index (χ1n) is 9.42. The average molecular weight is 480 g/mol. The van der Waals surface area contributed by atoms with Gasteiger partial charge in [-0.3, -0.25) is 9.59 Å². The molecule has 12 heteroatoms. The van der Waals surface area contributed by atoms with Crippen LogP contribution in [0.3, 0.4) is 0 Å². The zero-order chi connectivity index (χ0) is 23.9. The van der Waals surface area contributed by atoms with Gasteiger partial charge in [-0.2, -0.15) is 23.4 Å². The highest BCUT2D eigenvalue weighted by atomic mass is 35.5. The van der Waals surface area contributed by atoms with Crippen LogP contribution in [0.15, 0.2) is 53.5 Å². The smallest absolute Gasteiger partial charge is 0.323 e. The van der Waals surface area contributed by atoms with Crippen LogP contribution in [-0.4, -0.2) is 25.5 Å². The van der Waals surface area contributed by atoms with E-state index in [2.05, 4.69) is 15.5 Å². The second-order valence-corrected chi connectivity index (χ2v) is 7.49. The molecule has 0 atom stereocenters. The Morgan fingerprint density at radius 3 is 2.52 bits per heavy atom. The van der Waals surface area contributed by atoms with Crippen molar-refractivity contribution >= 4 is 34.1 Å². The third kappa shape index (κ3) is 4.44. The second-order valence-electron chi connectivity index (χ2n) is 7.08. The van der Waals surface area contributed by atoms with Crippen molar-refractivity contribution in [3.05, 3.63) is 81.1 Å². The molecule has 0 fully saturated rings. The summed E-state index contributed by atoms with van der Waals surface area (Å²) in [5.74, 6) is -1.27. The highest BCUT2D eigenvalue weighted by Crippen LogP contribution is 2.33. The molecule has 0 saturated heterocycles. The number of amides is 1. The molecule has 0 unspecified atom stereocenters. The first-order valence-corrected chi connectivity index (χ1v) is 9.80. The molecule has 0 aliphatic carbocycles. The number of aryl methyl sites for hydroxylation is 1. The maximum atomic E-state index is 13.3. The molecule has 0 spiro atoms. The van der Waals surface area contributed by atoms with Crippen molar-refractivity contribution in [1.82, 2.24) is 19.6 Å². The summed E-state index contributed by atoms with van der Waals surface area (Å²) in [6, 6.07) is 7.80. The van der Waals surface area contributed by atoms with Crippen LogP contribution in [0, 0.1) is 12.7 Å². The Morgan fingerprint density at radius 1 is 1.15 bits per heavy atom. The number of nitrogens with one attached hydrogen (secondary N) is 1. The lowest BCUT2D eigenvalue weighted by atomic mass is 10.2. The van der Waals surface area contributed by atoms with Crippen molar-refractivity contribution in [2.24, 2.45) is 0 Å². The number of anilines is 1. The van der Waals surface area contributed by atoms with Gasteiger partial charge >= 0.3 is 6.18 Å². The second kappa shape index (κ2) is 8.32. The molecule has 0 saturated carbocycles. The number of carbonyl (C=O) groups excluding carboxylic acids is 1. The molecule has 2 heterocycles. The van der Waals surface area contributed by atoms with Crippen molar-refractivity contribution < 1.29 is 22.4 Å². The van der Waals surface area contributed by atoms with Crippen LogP contribution >= 0.6 is 11.6 Å². The number of benzene rings is 2. The van der Waals surface area contributed by atoms with Gasteiger partial charge in [0.15, 0.2) is 0 Å². The largest absolute Gasteiger partial charge is 0.416 e. The minimum Gasteiger partial charge on any atom is -0.323 e. The molecule has 7 nitrogen and oxygen atoms in total. The molecule has 1 amide bonds. The summed E-state index contributed by atoms with van der Waals surface area (Å²) in [5.41, 5.74) is -0.984. The van der Waals surface area contributed by atoms with Gasteiger partial charge in [-0.1, -0.05) is 11.6 Å². The number of fused-ring (bicyclic) bond motifs is 1. The fourth-order valence-electron chi connectivity index (χ4n) is 3.23. The summed E-state index contributed by atoms with van der Waals surface area (Å²) < 4.78 is 54.3. The monoisotopic (exact) mass is 479 g/mol. The summed E-state index contributed by atoms with van der Waals surface area (Å²) >= 11 is 5.91. The topological polar surface area (TPSA) is 81.8 Å². The van der Waals surface area contributed by atoms with Gasteiger partial charge in [-0.25, -0.2) is 13.8 Å². The van der Waals surface area contributed by atoms with Crippen LogP contribution in [0.4, 0.5) is 23.2 Å². The first-order chi connectivity index (χ1) is 15.5. The predicted molar refractivity (Wildman–Crippen MR) is 113 cm³/mol. The van der Waals surface area contributed by atoms with E-state index in [1.54, 1.807) is 6.92 Å². The van der Waals surface area contributed by atoms with Gasteiger partial charge in [-0.15, -0.1) is 0 Å². The van der Waals surface area contributed by atoms with Crippen molar-refractivity contribution in [1.29, 1.82) is 0 Å². The molecule has 1 N–H and O–H groups in total. The lowest BCUT2D eigenvalue weighted by Gasteiger charge is -2.12. The lowest BCUT2D eigenvalue weighted by Crippen LogP contribution is -2.31. The zero-order valence-corrected chi connectivity index (χ0v) is 17.6. The van der Waals surface area contributed by atoms with Crippen molar-refractivity contribution in [3.8, 4) is 5.69 Å². The molecule has 0 radical (unpaired) electrons. The lowest BCUT2D eigenvalue weighted by molar-refractivity contribution is -0.137. The van der Waals surface area contributed by atoms with Gasteiger partial charge in [0.05, 0.1) is 33.9 Å². The van der Waals surface area contributed by atoms with Crippen molar-refractivity contribution in [2.45, 2.75) is 19.6 Å². The Kier molecular flexibility index (Phi) is 5.66. The van der Waals surface area contributed by atoms with Crippen molar-refractivity contribution in [3.63, 3.8) is 0 Å². The molecule has 4 rings (SSSR count). The highest BCUT2D eigenvalue weighted by molar-refractivity contribution is 6.33. The minimum atomic E-state index is -4.62. The standard InChI is InChI=1S/C21H14ClF4N5O2/c1-11-15-9-27-31(14-5-3-13(23)4-6-14)19(15)20(33)30(29-11)10-18(32)28-17-8-12(21(24,25)26)2-7-16(17)22/h2-9H,10H2,1H3,(H,28,32). The number of hydrogen-bond acceptors (Lipinski definition) is 4. The minimum absolute atomic E-state index is 0.0994. The van der Waals surface area contributed by atoms with E-state index in [0.717, 1.165) is 16.8 Å². The highest BCUT2D eigenvalue weighted by Gasteiger charge is 2.31. The Balaban J connectivity index is 1.68. The Morgan fingerprint density at radius 2 is 1.85 bits per heavy atom. The Bertz CT molecular complexity index is 1430. The van der Waals surface area contributed by atoms with E-state index in [0.29, 0.717) is 22.8 Å². The average Bonchev–Trinajstić information content (AvgIpc) is 3.19. The number of rotatable bonds is 4. The molecule has 4 aromatic rings. The van der Waals surface area contributed by atoms with E-state index in [4.69, 9.17) is 11.6 Å². The Hall–Kier alpha value is -3.73. The van der Waals surface area contributed by atoms with E-state index in [-0.39, 0.29) is 16.2 Å². The van der Waals surface area contributed by atoms with E-state index in [1.807, 2.05) is 0 Å². The molecule has 0 aliphatic rings. The Labute approximate surface area is 188 Å². The van der Waals surface area contributed by atoms with E-state index < -0.39 is 35.6 Å². The third-order valence-electron chi connectivity index (χ3n) is 4.80. The number of hydrogen-bond donors (Lipinski definition) is 1. The molecular weight excluding hydrogens is 466 g/mol. The number of alkyl halides is 3. The summed E-state index contributed by atoms with van der Waals surface area (Å²) in [6.45, 7) is 1.02. The number of nitrogens with zero attached hydrogens (tertiary/aromatic N) is 4. The third-order valence-corrected chi connectivity index (χ3v) is 5.13. The van der Waals surface area contributed by atoms with Gasteiger partial charge in [0.2, 0.25) is 5.91 Å². The SMILES string of the molecule is Cc1nn(CC(=O)Nc2cc(C(F)(F)F)ccc2Cl)c(=O)c2c1cnn2-c1ccc(F)cc1. The van der Waals surface area contributed by atoms with Crippen LogP contribution in [0.25, 0.3) is 16.6 Å². The zero-order valence-electron chi connectivity index (χ0n) is 16.8. The first kappa shape index (κ1) is 22.5. The molecule has 33 heavy (non-hydrogen) atoms. The summed E-state index contributed by atoms with van der Waals surface area (Å²) in [6.07, 6.45) is -3.20. The number of halogens is 5. The van der Waals surface area contributed by atoms with Crippen molar-refractivity contribution in [2.75, 3.05) is 5.32 Å². The van der Waals surface area contributed by atoms with Gasteiger partial charge in [0.1, 0.15) is 17.9 Å². The maximum Gasteiger partial charge on any atom is 0.416 e. The fourth-order valence-corrected chi connectivity index (χ4v) is 3.39. The number of aromatic nitrogens is 4. The van der Waals surface area contributed by atoms with Gasteiger partial charge in [-0.05, 0) is 49.4 Å².